The molecule has 0 unspecified atom stereocenters. The molecule has 0 aliphatic heterocycles. The van der Waals surface area contributed by atoms with Crippen LogP contribution in [-0.2, 0) is 10.9 Å². The quantitative estimate of drug-likeness (QED) is 0.618. The molecule has 1 rings (SSSR count). The number of carbonyl (C=O) groups excluding carboxylic acids is 1. The van der Waals surface area contributed by atoms with Crippen LogP contribution < -0.4 is 5.73 Å². The first-order valence-electron chi connectivity index (χ1n) is 4.02. The summed E-state index contributed by atoms with van der Waals surface area (Å²) in [6, 6.07) is 1.80. The maximum Gasteiger partial charge on any atom is 0.419 e. The molecule has 1 aromatic carbocycles. The second-order valence-electron chi connectivity index (χ2n) is 2.91. The molecule has 0 aromatic heterocycles. The smallest absolute Gasteiger partial charge is 0.419 e. The zero-order chi connectivity index (χ0) is 12.5. The third kappa shape index (κ3) is 2.38. The number of nitrogen functional groups attached to an aromatic ring is 1. The predicted octanol–water partition coefficient (Wildman–Crippen LogP) is 2.73. The summed E-state index contributed by atoms with van der Waals surface area (Å²) in [5.74, 6) is -1.14. The van der Waals surface area contributed by atoms with Crippen LogP contribution in [0, 0.1) is 0 Å². The minimum Gasteiger partial charge on any atom is -0.465 e. The molecule has 0 aliphatic carbocycles. The van der Waals surface area contributed by atoms with E-state index in [2.05, 4.69) is 4.74 Å². The Balaban J connectivity index is 3.51. The van der Waals surface area contributed by atoms with Gasteiger partial charge in [-0.2, -0.15) is 13.2 Å². The molecule has 0 bridgehead atoms. The van der Waals surface area contributed by atoms with Crippen LogP contribution in [-0.4, -0.2) is 13.1 Å². The molecule has 0 aliphatic rings. The summed E-state index contributed by atoms with van der Waals surface area (Å²) in [7, 11) is 0.972. The lowest BCUT2D eigenvalue weighted by Crippen LogP contribution is -2.16. The first-order chi connectivity index (χ1) is 7.27. The van der Waals surface area contributed by atoms with Gasteiger partial charge in [-0.1, -0.05) is 11.6 Å². The molecule has 0 amide bonds. The van der Waals surface area contributed by atoms with Crippen molar-refractivity contribution in [3.05, 3.63) is 28.3 Å². The van der Waals surface area contributed by atoms with E-state index in [1.807, 2.05) is 0 Å². The van der Waals surface area contributed by atoms with E-state index in [1.165, 1.54) is 0 Å². The second-order valence-corrected chi connectivity index (χ2v) is 3.34. The standard InChI is InChI=1S/C9H7ClF3NO2/c1-16-8(15)5-2-4(10)3-6(14)7(5)9(11,12)13/h2-3H,14H2,1H3. The zero-order valence-electron chi connectivity index (χ0n) is 8.06. The molecule has 2 N–H and O–H groups in total. The van der Waals surface area contributed by atoms with Crippen molar-refractivity contribution < 1.29 is 22.7 Å². The molecule has 7 heteroatoms. The van der Waals surface area contributed by atoms with E-state index < -0.39 is 29.0 Å². The topological polar surface area (TPSA) is 52.3 Å². The van der Waals surface area contributed by atoms with Crippen molar-refractivity contribution in [1.29, 1.82) is 0 Å². The highest BCUT2D eigenvalue weighted by Crippen LogP contribution is 2.38. The number of carbonyl (C=O) groups is 1. The Morgan fingerprint density at radius 3 is 2.44 bits per heavy atom. The second kappa shape index (κ2) is 4.21. The summed E-state index contributed by atoms with van der Waals surface area (Å²) >= 11 is 5.52. The molecule has 3 nitrogen and oxygen atoms in total. The molecule has 0 saturated heterocycles. The van der Waals surface area contributed by atoms with E-state index in [-0.39, 0.29) is 5.02 Å². The van der Waals surface area contributed by atoms with Gasteiger partial charge in [-0.15, -0.1) is 0 Å². The van der Waals surface area contributed by atoms with E-state index in [0.717, 1.165) is 19.2 Å². The Bertz CT molecular complexity index is 431. The average Bonchev–Trinajstić information content (AvgIpc) is 2.12. The summed E-state index contributed by atoms with van der Waals surface area (Å²) < 4.78 is 42.0. The van der Waals surface area contributed by atoms with Gasteiger partial charge in [0.15, 0.2) is 0 Å². The number of anilines is 1. The summed E-state index contributed by atoms with van der Waals surface area (Å²) in [5.41, 5.74) is 2.65. The Hall–Kier alpha value is -1.43. The predicted molar refractivity (Wildman–Crippen MR) is 52.2 cm³/mol. The monoisotopic (exact) mass is 253 g/mol. The molecular weight excluding hydrogens is 247 g/mol. The van der Waals surface area contributed by atoms with Gasteiger partial charge in [0.1, 0.15) is 0 Å². The van der Waals surface area contributed by atoms with Crippen LogP contribution in [0.5, 0.6) is 0 Å². The van der Waals surface area contributed by atoms with Gasteiger partial charge in [0.2, 0.25) is 0 Å². The highest BCUT2D eigenvalue weighted by Gasteiger charge is 2.38. The SMILES string of the molecule is COC(=O)c1cc(Cl)cc(N)c1C(F)(F)F. The van der Waals surface area contributed by atoms with E-state index in [4.69, 9.17) is 17.3 Å². The van der Waals surface area contributed by atoms with E-state index in [1.54, 1.807) is 0 Å². The van der Waals surface area contributed by atoms with Crippen molar-refractivity contribution in [2.45, 2.75) is 6.18 Å². The van der Waals surface area contributed by atoms with Gasteiger partial charge in [-0.3, -0.25) is 0 Å². The van der Waals surface area contributed by atoms with Crippen LogP contribution in [0.3, 0.4) is 0 Å². The fourth-order valence-corrected chi connectivity index (χ4v) is 1.44. The van der Waals surface area contributed by atoms with Crippen molar-refractivity contribution in [2.24, 2.45) is 0 Å². The maximum atomic E-state index is 12.6. The Kier molecular flexibility index (Phi) is 3.32. The van der Waals surface area contributed by atoms with Gasteiger partial charge in [0, 0.05) is 10.7 Å². The Labute approximate surface area is 93.9 Å². The fraction of sp³-hybridized carbons (Fsp3) is 0.222. The number of benzene rings is 1. The van der Waals surface area contributed by atoms with Crippen molar-refractivity contribution in [3.63, 3.8) is 0 Å². The van der Waals surface area contributed by atoms with Gasteiger partial charge >= 0.3 is 12.1 Å². The Morgan fingerprint density at radius 1 is 1.44 bits per heavy atom. The highest BCUT2D eigenvalue weighted by atomic mass is 35.5. The molecule has 1 aromatic rings. The lowest BCUT2D eigenvalue weighted by molar-refractivity contribution is -0.137. The minimum absolute atomic E-state index is 0.0640. The maximum absolute atomic E-state index is 12.6. The first kappa shape index (κ1) is 12.6. The van der Waals surface area contributed by atoms with Gasteiger partial charge in [-0.05, 0) is 12.1 Å². The van der Waals surface area contributed by atoms with Crippen molar-refractivity contribution in [1.82, 2.24) is 0 Å². The van der Waals surface area contributed by atoms with E-state index in [0.29, 0.717) is 0 Å². The zero-order valence-corrected chi connectivity index (χ0v) is 8.82. The molecule has 16 heavy (non-hydrogen) atoms. The summed E-state index contributed by atoms with van der Waals surface area (Å²) in [6.07, 6.45) is -4.74. The lowest BCUT2D eigenvalue weighted by atomic mass is 10.1. The minimum atomic E-state index is -4.74. The van der Waals surface area contributed by atoms with E-state index >= 15 is 0 Å². The van der Waals surface area contributed by atoms with Crippen molar-refractivity contribution in [2.75, 3.05) is 12.8 Å². The molecule has 0 fully saturated rings. The molecule has 0 spiro atoms. The number of nitrogens with two attached hydrogens (primary N) is 1. The number of halogens is 4. The third-order valence-electron chi connectivity index (χ3n) is 1.82. The summed E-state index contributed by atoms with van der Waals surface area (Å²) in [6.45, 7) is 0. The van der Waals surface area contributed by atoms with E-state index in [9.17, 15) is 18.0 Å². The first-order valence-corrected chi connectivity index (χ1v) is 4.39. The molecule has 0 atom stereocenters. The van der Waals surface area contributed by atoms with Gasteiger partial charge in [-0.25, -0.2) is 4.79 Å². The van der Waals surface area contributed by atoms with Crippen molar-refractivity contribution >= 4 is 23.3 Å². The normalized spacial score (nSPS) is 11.3. The highest BCUT2D eigenvalue weighted by molar-refractivity contribution is 6.31. The molecule has 0 radical (unpaired) electrons. The molecule has 0 heterocycles. The number of methoxy groups -OCH3 is 1. The fourth-order valence-electron chi connectivity index (χ4n) is 1.22. The molecule has 0 saturated carbocycles. The van der Waals surface area contributed by atoms with Crippen molar-refractivity contribution in [3.8, 4) is 0 Å². The van der Waals surface area contributed by atoms with Crippen LogP contribution in [0.1, 0.15) is 15.9 Å². The number of ether oxygens (including phenoxy) is 1. The largest absolute Gasteiger partial charge is 0.465 e. The lowest BCUT2D eigenvalue weighted by Gasteiger charge is -2.14. The number of hydrogen-bond acceptors (Lipinski definition) is 3. The van der Waals surface area contributed by atoms with Gasteiger partial charge < -0.3 is 10.5 Å². The summed E-state index contributed by atoms with van der Waals surface area (Å²) in [5, 5.41) is -0.0640. The number of esters is 1. The Morgan fingerprint density at radius 2 is 2.00 bits per heavy atom. The number of rotatable bonds is 1. The number of alkyl halides is 3. The van der Waals surface area contributed by atoms with Crippen LogP contribution in [0.4, 0.5) is 18.9 Å². The van der Waals surface area contributed by atoms with Gasteiger partial charge in [0.25, 0.3) is 0 Å². The van der Waals surface area contributed by atoms with Crippen LogP contribution >= 0.6 is 11.6 Å². The molecular formula is C9H7ClF3NO2. The number of hydrogen-bond donors (Lipinski definition) is 1. The van der Waals surface area contributed by atoms with Crippen LogP contribution in [0.25, 0.3) is 0 Å². The van der Waals surface area contributed by atoms with Crippen LogP contribution in [0.2, 0.25) is 5.02 Å². The van der Waals surface area contributed by atoms with Gasteiger partial charge in [0.05, 0.1) is 18.2 Å². The third-order valence-corrected chi connectivity index (χ3v) is 2.04. The van der Waals surface area contributed by atoms with Crippen LogP contribution in [0.15, 0.2) is 12.1 Å². The summed E-state index contributed by atoms with van der Waals surface area (Å²) in [4.78, 5) is 11.1. The average molecular weight is 254 g/mol. The molecule has 88 valence electrons.